The van der Waals surface area contributed by atoms with Crippen molar-refractivity contribution in [3.05, 3.63) is 12.2 Å². The van der Waals surface area contributed by atoms with Crippen molar-refractivity contribution in [1.82, 2.24) is 0 Å². The zero-order valence-corrected chi connectivity index (χ0v) is 23.9. The van der Waals surface area contributed by atoms with Crippen LogP contribution >= 0.6 is 7.82 Å². The highest BCUT2D eigenvalue weighted by Crippen LogP contribution is 2.43. The maximum atomic E-state index is 12.3. The van der Waals surface area contributed by atoms with Crippen LogP contribution in [0.4, 0.5) is 0 Å². The minimum Gasteiger partial charge on any atom is -0.457 e. The van der Waals surface area contributed by atoms with Gasteiger partial charge < -0.3 is 20.1 Å². The van der Waals surface area contributed by atoms with Gasteiger partial charge in [-0.25, -0.2) is 4.57 Å². The number of allylic oxidation sites excluding steroid dienone is 2. The van der Waals surface area contributed by atoms with E-state index in [1.807, 2.05) is 0 Å². The third-order valence-corrected chi connectivity index (χ3v) is 6.65. The van der Waals surface area contributed by atoms with E-state index < -0.39 is 13.9 Å². The quantitative estimate of drug-likeness (QED) is 0.0508. The number of hydrogen-bond donors (Lipinski definition) is 2. The molecule has 2 atom stereocenters. The zero-order valence-electron chi connectivity index (χ0n) is 23.0. The van der Waals surface area contributed by atoms with Crippen LogP contribution in [0, 0.1) is 0 Å². The minimum atomic E-state index is -4.25. The molecule has 3 N–H and O–H groups in total. The molecular weight excluding hydrogens is 481 g/mol. The maximum absolute atomic E-state index is 12.3. The molecule has 0 saturated carbocycles. The van der Waals surface area contributed by atoms with Crippen LogP contribution in [0.25, 0.3) is 0 Å². The molecule has 0 amide bonds. The van der Waals surface area contributed by atoms with Crippen LogP contribution in [0.5, 0.6) is 0 Å². The molecule has 0 saturated heterocycles. The molecular formula is C27H54NO7P. The van der Waals surface area contributed by atoms with Gasteiger partial charge in [-0.15, -0.1) is 0 Å². The Morgan fingerprint density at radius 1 is 0.806 bits per heavy atom. The van der Waals surface area contributed by atoms with Crippen LogP contribution < -0.4 is 5.73 Å². The van der Waals surface area contributed by atoms with E-state index >= 15 is 0 Å². The standard InChI is InChI=1S/C27H54NO7P/c1-3-5-7-9-11-12-13-14-15-17-19-22-32-24-26(25-34-36(30,31)33-23-21-28)35-27(29)20-18-16-10-8-6-4-2/h7,9,26H,3-6,8,10-25,28H2,1-2H3,(H,30,31)/b9-7-. The molecule has 0 aliphatic carbocycles. The fourth-order valence-electron chi connectivity index (χ4n) is 3.58. The van der Waals surface area contributed by atoms with Gasteiger partial charge in [0, 0.05) is 19.6 Å². The third kappa shape index (κ3) is 24.9. The molecule has 0 radical (unpaired) electrons. The Balaban J connectivity index is 4.17. The Hall–Kier alpha value is -0.760. The van der Waals surface area contributed by atoms with Crippen molar-refractivity contribution in [3.8, 4) is 0 Å². The van der Waals surface area contributed by atoms with E-state index in [0.29, 0.717) is 13.0 Å². The first-order valence-corrected chi connectivity index (χ1v) is 15.7. The summed E-state index contributed by atoms with van der Waals surface area (Å²) in [5.74, 6) is -0.345. The monoisotopic (exact) mass is 535 g/mol. The predicted octanol–water partition coefficient (Wildman–Crippen LogP) is 6.84. The Morgan fingerprint density at radius 2 is 1.44 bits per heavy atom. The van der Waals surface area contributed by atoms with Gasteiger partial charge in [0.15, 0.2) is 0 Å². The molecule has 0 aliphatic heterocycles. The normalized spacial score (nSPS) is 14.2. The Bertz CT molecular complexity index is 574. The summed E-state index contributed by atoms with van der Waals surface area (Å²) in [6, 6.07) is 0. The smallest absolute Gasteiger partial charge is 0.457 e. The summed E-state index contributed by atoms with van der Waals surface area (Å²) < 4.78 is 32.8. The van der Waals surface area contributed by atoms with Crippen molar-refractivity contribution in [3.63, 3.8) is 0 Å². The van der Waals surface area contributed by atoms with E-state index in [0.717, 1.165) is 32.1 Å². The molecule has 0 aromatic carbocycles. The van der Waals surface area contributed by atoms with E-state index in [4.69, 9.17) is 24.3 Å². The second kappa shape index (κ2) is 25.9. The van der Waals surface area contributed by atoms with Crippen LogP contribution in [0.1, 0.15) is 117 Å². The van der Waals surface area contributed by atoms with Crippen molar-refractivity contribution >= 4 is 13.8 Å². The van der Waals surface area contributed by atoms with E-state index in [1.165, 1.54) is 64.2 Å². The summed E-state index contributed by atoms with van der Waals surface area (Å²) in [5.41, 5.74) is 5.30. The number of rotatable bonds is 27. The Labute approximate surface area is 220 Å². The fourth-order valence-corrected chi connectivity index (χ4v) is 4.35. The molecule has 36 heavy (non-hydrogen) atoms. The van der Waals surface area contributed by atoms with Gasteiger partial charge in [-0.1, -0.05) is 90.2 Å². The van der Waals surface area contributed by atoms with E-state index in [2.05, 4.69) is 26.0 Å². The van der Waals surface area contributed by atoms with Crippen molar-refractivity contribution in [2.45, 2.75) is 123 Å². The van der Waals surface area contributed by atoms with Gasteiger partial charge >= 0.3 is 13.8 Å². The number of carbonyl (C=O) groups is 1. The number of hydrogen-bond acceptors (Lipinski definition) is 7. The molecule has 0 heterocycles. The zero-order chi connectivity index (χ0) is 26.7. The first-order valence-electron chi connectivity index (χ1n) is 14.2. The molecule has 0 aromatic heterocycles. The minimum absolute atomic E-state index is 0.0949. The van der Waals surface area contributed by atoms with E-state index in [9.17, 15) is 14.3 Å². The summed E-state index contributed by atoms with van der Waals surface area (Å²) in [6.07, 6.45) is 21.0. The molecule has 0 rings (SSSR count). The topological polar surface area (TPSA) is 117 Å². The summed E-state index contributed by atoms with van der Waals surface area (Å²) in [6.45, 7) is 4.76. The van der Waals surface area contributed by atoms with Crippen LogP contribution in [-0.2, 0) is 27.9 Å². The summed E-state index contributed by atoms with van der Waals surface area (Å²) in [7, 11) is -4.25. The van der Waals surface area contributed by atoms with Crippen LogP contribution in [0.3, 0.4) is 0 Å². The largest absolute Gasteiger partial charge is 0.472 e. The first kappa shape index (κ1) is 35.2. The maximum Gasteiger partial charge on any atom is 0.472 e. The number of phosphoric acid groups is 1. The lowest BCUT2D eigenvalue weighted by Gasteiger charge is -2.20. The molecule has 214 valence electrons. The van der Waals surface area contributed by atoms with Crippen LogP contribution in [0.2, 0.25) is 0 Å². The summed E-state index contributed by atoms with van der Waals surface area (Å²) in [4.78, 5) is 22.0. The lowest BCUT2D eigenvalue weighted by molar-refractivity contribution is -0.154. The van der Waals surface area contributed by atoms with Crippen molar-refractivity contribution in [2.24, 2.45) is 5.73 Å². The highest BCUT2D eigenvalue weighted by atomic mass is 31.2. The van der Waals surface area contributed by atoms with Gasteiger partial charge in [-0.2, -0.15) is 0 Å². The molecule has 0 bridgehead atoms. The lowest BCUT2D eigenvalue weighted by Crippen LogP contribution is -2.28. The van der Waals surface area contributed by atoms with E-state index in [-0.39, 0.29) is 32.3 Å². The van der Waals surface area contributed by atoms with Gasteiger partial charge in [0.25, 0.3) is 0 Å². The van der Waals surface area contributed by atoms with Crippen molar-refractivity contribution in [1.29, 1.82) is 0 Å². The molecule has 0 fully saturated rings. The molecule has 8 nitrogen and oxygen atoms in total. The molecule has 0 aromatic rings. The molecule has 0 aliphatic rings. The Kier molecular flexibility index (Phi) is 25.3. The molecule has 2 unspecified atom stereocenters. The Morgan fingerprint density at radius 3 is 2.14 bits per heavy atom. The highest BCUT2D eigenvalue weighted by Gasteiger charge is 2.25. The average Bonchev–Trinajstić information content (AvgIpc) is 2.86. The molecule has 0 spiro atoms. The number of nitrogens with two attached hydrogens (primary N) is 1. The van der Waals surface area contributed by atoms with Gasteiger partial charge in [-0.3, -0.25) is 13.8 Å². The van der Waals surface area contributed by atoms with Crippen LogP contribution in [-0.4, -0.2) is 49.9 Å². The number of ether oxygens (including phenoxy) is 2. The molecule has 9 heteroatoms. The highest BCUT2D eigenvalue weighted by molar-refractivity contribution is 7.47. The number of unbranched alkanes of at least 4 members (excludes halogenated alkanes) is 12. The summed E-state index contributed by atoms with van der Waals surface area (Å²) in [5, 5.41) is 0. The number of carbonyl (C=O) groups excluding carboxylic acids is 1. The predicted molar refractivity (Wildman–Crippen MR) is 146 cm³/mol. The average molecular weight is 536 g/mol. The number of phosphoric ester groups is 1. The lowest BCUT2D eigenvalue weighted by atomic mass is 10.1. The van der Waals surface area contributed by atoms with Crippen molar-refractivity contribution in [2.75, 3.05) is 33.0 Å². The van der Waals surface area contributed by atoms with Gasteiger partial charge in [0.1, 0.15) is 6.10 Å². The second-order valence-corrected chi connectivity index (χ2v) is 10.7. The van der Waals surface area contributed by atoms with Gasteiger partial charge in [0.05, 0.1) is 19.8 Å². The van der Waals surface area contributed by atoms with Gasteiger partial charge in [0.2, 0.25) is 0 Å². The van der Waals surface area contributed by atoms with Crippen LogP contribution in [0.15, 0.2) is 12.2 Å². The second-order valence-electron chi connectivity index (χ2n) is 9.26. The van der Waals surface area contributed by atoms with Gasteiger partial charge in [-0.05, 0) is 32.1 Å². The first-order chi connectivity index (χ1) is 17.4. The summed E-state index contributed by atoms with van der Waals surface area (Å²) >= 11 is 0. The number of esters is 1. The fraction of sp³-hybridized carbons (Fsp3) is 0.889. The van der Waals surface area contributed by atoms with E-state index in [1.54, 1.807) is 0 Å². The third-order valence-electron chi connectivity index (χ3n) is 5.66. The van der Waals surface area contributed by atoms with Crippen molar-refractivity contribution < 1.29 is 32.8 Å². The SMILES string of the molecule is CCC/C=C\CCCCCCCCOCC(COP(=O)(O)OCCN)OC(=O)CCCCCCCC.